The Morgan fingerprint density at radius 3 is 2.74 bits per heavy atom. The van der Waals surface area contributed by atoms with E-state index in [9.17, 15) is 9.90 Å². The van der Waals surface area contributed by atoms with Crippen LogP contribution in [0.1, 0.15) is 32.3 Å². The summed E-state index contributed by atoms with van der Waals surface area (Å²) < 4.78 is 0. The Balaban J connectivity index is 1.92. The molecule has 3 nitrogen and oxygen atoms in total. The number of carboxylic acid groups (broad SMARTS) is 1. The fraction of sp³-hybridized carbons (Fsp3) is 0.562. The summed E-state index contributed by atoms with van der Waals surface area (Å²) >= 11 is 0. The van der Waals surface area contributed by atoms with Crippen molar-refractivity contribution in [1.82, 2.24) is 4.90 Å². The highest BCUT2D eigenvalue weighted by molar-refractivity contribution is 5.74. The first kappa shape index (κ1) is 14.1. The van der Waals surface area contributed by atoms with E-state index in [1.165, 1.54) is 5.56 Å². The third-order valence-electron chi connectivity index (χ3n) is 4.25. The molecule has 1 aromatic carbocycles. The number of hydrogen-bond donors (Lipinski definition) is 1. The molecule has 1 N–H and O–H groups in total. The molecule has 1 aromatic rings. The summed E-state index contributed by atoms with van der Waals surface area (Å²) in [5, 5.41) is 9.35. The summed E-state index contributed by atoms with van der Waals surface area (Å²) in [5.74, 6) is -0.409. The molecule has 0 radical (unpaired) electrons. The van der Waals surface area contributed by atoms with Crippen molar-refractivity contribution < 1.29 is 9.90 Å². The van der Waals surface area contributed by atoms with E-state index in [0.717, 1.165) is 25.8 Å². The number of benzene rings is 1. The first-order chi connectivity index (χ1) is 9.09. The average molecular weight is 261 g/mol. The number of carboxylic acids is 1. The van der Waals surface area contributed by atoms with E-state index < -0.39 is 5.97 Å². The summed E-state index contributed by atoms with van der Waals surface area (Å²) in [4.78, 5) is 13.5. The van der Waals surface area contributed by atoms with Gasteiger partial charge in [-0.05, 0) is 44.2 Å². The lowest BCUT2D eigenvalue weighted by Crippen LogP contribution is -2.44. The van der Waals surface area contributed by atoms with E-state index in [2.05, 4.69) is 36.1 Å². The highest BCUT2D eigenvalue weighted by atomic mass is 16.4. The Labute approximate surface area is 115 Å². The van der Waals surface area contributed by atoms with Crippen molar-refractivity contribution >= 4 is 5.97 Å². The van der Waals surface area contributed by atoms with Crippen LogP contribution in [-0.2, 0) is 11.2 Å². The smallest absolute Gasteiger partial charge is 0.321 e. The quantitative estimate of drug-likeness (QED) is 0.886. The van der Waals surface area contributed by atoms with Crippen LogP contribution in [0.2, 0.25) is 0 Å². The maximum Gasteiger partial charge on any atom is 0.321 e. The fourth-order valence-corrected chi connectivity index (χ4v) is 3.04. The molecule has 0 bridgehead atoms. The number of aliphatic carboxylic acids is 1. The lowest BCUT2D eigenvalue weighted by atomic mass is 10.0. The van der Waals surface area contributed by atoms with Crippen molar-refractivity contribution in [1.29, 1.82) is 0 Å². The molecule has 1 heterocycles. The van der Waals surface area contributed by atoms with Crippen molar-refractivity contribution in [2.75, 3.05) is 6.54 Å². The van der Waals surface area contributed by atoms with Gasteiger partial charge in [-0.3, -0.25) is 9.69 Å². The first-order valence-corrected chi connectivity index (χ1v) is 7.12. The SMILES string of the molecule is CC1CCN(C(C)CCc2ccccc2)C1C(=O)O. The number of nitrogens with zero attached hydrogens (tertiary/aromatic N) is 1. The van der Waals surface area contributed by atoms with Crippen molar-refractivity contribution in [3.8, 4) is 0 Å². The van der Waals surface area contributed by atoms with Gasteiger partial charge in [0.2, 0.25) is 0 Å². The molecule has 3 heteroatoms. The molecular formula is C16H23NO2. The van der Waals surface area contributed by atoms with Crippen LogP contribution in [0.3, 0.4) is 0 Å². The van der Waals surface area contributed by atoms with Crippen LogP contribution < -0.4 is 0 Å². The van der Waals surface area contributed by atoms with Gasteiger partial charge in [-0.2, -0.15) is 0 Å². The van der Waals surface area contributed by atoms with Gasteiger partial charge in [0.1, 0.15) is 6.04 Å². The number of aryl methyl sites for hydroxylation is 1. The van der Waals surface area contributed by atoms with E-state index in [1.807, 2.05) is 13.0 Å². The fourth-order valence-electron chi connectivity index (χ4n) is 3.04. The van der Waals surface area contributed by atoms with Gasteiger partial charge in [0.05, 0.1) is 0 Å². The topological polar surface area (TPSA) is 40.5 Å². The molecule has 3 atom stereocenters. The molecule has 104 valence electrons. The normalized spacial score (nSPS) is 25.4. The highest BCUT2D eigenvalue weighted by Gasteiger charge is 2.38. The summed E-state index contributed by atoms with van der Waals surface area (Å²) in [5.41, 5.74) is 1.33. The van der Waals surface area contributed by atoms with Crippen molar-refractivity contribution in [3.05, 3.63) is 35.9 Å². The zero-order valence-corrected chi connectivity index (χ0v) is 11.7. The van der Waals surface area contributed by atoms with Crippen molar-refractivity contribution in [3.63, 3.8) is 0 Å². The van der Waals surface area contributed by atoms with E-state index in [4.69, 9.17) is 0 Å². The van der Waals surface area contributed by atoms with Crippen LogP contribution in [0.4, 0.5) is 0 Å². The van der Waals surface area contributed by atoms with E-state index in [-0.39, 0.29) is 12.0 Å². The molecule has 1 aliphatic heterocycles. The summed E-state index contributed by atoms with van der Waals surface area (Å²) in [6, 6.07) is 10.4. The van der Waals surface area contributed by atoms with Gasteiger partial charge in [-0.25, -0.2) is 0 Å². The van der Waals surface area contributed by atoms with Gasteiger partial charge in [0.15, 0.2) is 0 Å². The van der Waals surface area contributed by atoms with Gasteiger partial charge in [0, 0.05) is 6.04 Å². The second-order valence-electron chi connectivity index (χ2n) is 5.66. The number of rotatable bonds is 5. The molecule has 3 unspecified atom stereocenters. The Morgan fingerprint density at radius 1 is 1.42 bits per heavy atom. The number of hydrogen-bond acceptors (Lipinski definition) is 2. The Morgan fingerprint density at radius 2 is 2.11 bits per heavy atom. The third-order valence-corrected chi connectivity index (χ3v) is 4.25. The summed E-state index contributed by atoms with van der Waals surface area (Å²) in [7, 11) is 0. The second-order valence-corrected chi connectivity index (χ2v) is 5.66. The molecule has 1 fully saturated rings. The van der Waals surface area contributed by atoms with Crippen LogP contribution in [0.25, 0.3) is 0 Å². The maximum absolute atomic E-state index is 11.4. The van der Waals surface area contributed by atoms with Crippen molar-refractivity contribution in [2.45, 2.75) is 45.2 Å². The van der Waals surface area contributed by atoms with E-state index in [1.54, 1.807) is 0 Å². The van der Waals surface area contributed by atoms with E-state index in [0.29, 0.717) is 6.04 Å². The predicted octanol–water partition coefficient (Wildman–Crippen LogP) is 2.80. The van der Waals surface area contributed by atoms with Crippen molar-refractivity contribution in [2.24, 2.45) is 5.92 Å². The van der Waals surface area contributed by atoms with Crippen LogP contribution in [0.15, 0.2) is 30.3 Å². The lowest BCUT2D eigenvalue weighted by Gasteiger charge is -2.29. The van der Waals surface area contributed by atoms with Crippen LogP contribution in [0.5, 0.6) is 0 Å². The third kappa shape index (κ3) is 3.35. The molecule has 0 saturated carbocycles. The minimum absolute atomic E-state index is 0.261. The standard InChI is InChI=1S/C16H23NO2/c1-12-10-11-17(15(12)16(18)19)13(2)8-9-14-6-4-3-5-7-14/h3-7,12-13,15H,8-11H2,1-2H3,(H,18,19). The highest BCUT2D eigenvalue weighted by Crippen LogP contribution is 2.27. The molecule has 2 rings (SSSR count). The second kappa shape index (κ2) is 6.20. The number of likely N-dealkylation sites (tertiary alicyclic amines) is 1. The van der Waals surface area contributed by atoms with Crippen LogP contribution in [-0.4, -0.2) is 34.6 Å². The van der Waals surface area contributed by atoms with Gasteiger partial charge in [0.25, 0.3) is 0 Å². The zero-order valence-electron chi connectivity index (χ0n) is 11.7. The van der Waals surface area contributed by atoms with Gasteiger partial charge in [-0.1, -0.05) is 37.3 Å². The molecular weight excluding hydrogens is 238 g/mol. The van der Waals surface area contributed by atoms with Crippen LogP contribution in [0, 0.1) is 5.92 Å². The Kier molecular flexibility index (Phi) is 4.59. The van der Waals surface area contributed by atoms with Gasteiger partial charge < -0.3 is 5.11 Å². The first-order valence-electron chi connectivity index (χ1n) is 7.12. The average Bonchev–Trinajstić information content (AvgIpc) is 2.79. The molecule has 0 aromatic heterocycles. The summed E-state index contributed by atoms with van der Waals surface area (Å²) in [6.07, 6.45) is 3.02. The summed E-state index contributed by atoms with van der Waals surface area (Å²) in [6.45, 7) is 5.10. The molecule has 0 amide bonds. The Bertz CT molecular complexity index is 418. The molecule has 0 spiro atoms. The predicted molar refractivity (Wildman–Crippen MR) is 76.1 cm³/mol. The van der Waals surface area contributed by atoms with Gasteiger partial charge in [-0.15, -0.1) is 0 Å². The minimum Gasteiger partial charge on any atom is -0.480 e. The van der Waals surface area contributed by atoms with Gasteiger partial charge >= 0.3 is 5.97 Å². The monoisotopic (exact) mass is 261 g/mol. The zero-order chi connectivity index (χ0) is 13.8. The molecule has 1 saturated heterocycles. The minimum atomic E-state index is -0.670. The largest absolute Gasteiger partial charge is 0.480 e. The Hall–Kier alpha value is -1.35. The number of carbonyl (C=O) groups is 1. The van der Waals surface area contributed by atoms with E-state index >= 15 is 0 Å². The molecule has 1 aliphatic rings. The van der Waals surface area contributed by atoms with Crippen LogP contribution >= 0.6 is 0 Å². The molecule has 19 heavy (non-hydrogen) atoms. The molecule has 0 aliphatic carbocycles. The lowest BCUT2D eigenvalue weighted by molar-refractivity contribution is -0.144. The maximum atomic E-state index is 11.4.